The van der Waals surface area contributed by atoms with Crippen molar-refractivity contribution in [2.45, 2.75) is 27.7 Å². The first kappa shape index (κ1) is 24.6. The molecule has 7 nitrogen and oxygen atoms in total. The second-order valence-electron chi connectivity index (χ2n) is 9.06. The minimum absolute atomic E-state index is 0.0706. The van der Waals surface area contributed by atoms with Gasteiger partial charge >= 0.3 is 0 Å². The van der Waals surface area contributed by atoms with E-state index >= 15 is 0 Å². The summed E-state index contributed by atoms with van der Waals surface area (Å²) in [5.41, 5.74) is 0.346. The molecule has 1 aromatic rings. The van der Waals surface area contributed by atoms with Crippen LogP contribution in [0, 0.1) is 10.8 Å². The predicted molar refractivity (Wildman–Crippen MR) is 114 cm³/mol. The summed E-state index contributed by atoms with van der Waals surface area (Å²) >= 11 is 0. The van der Waals surface area contributed by atoms with Crippen molar-refractivity contribution < 1.29 is 33.2 Å². The van der Waals surface area contributed by atoms with Crippen molar-refractivity contribution in [1.82, 2.24) is 0 Å². The van der Waals surface area contributed by atoms with Crippen molar-refractivity contribution in [3.05, 3.63) is 23.8 Å². The third-order valence-electron chi connectivity index (χ3n) is 4.42. The third-order valence-corrected chi connectivity index (χ3v) is 4.42. The molecule has 0 saturated heterocycles. The molecule has 7 heteroatoms. The van der Waals surface area contributed by atoms with Gasteiger partial charge in [-0.15, -0.1) is 0 Å². The summed E-state index contributed by atoms with van der Waals surface area (Å²) in [6.45, 7) is 13.5. The van der Waals surface area contributed by atoms with Gasteiger partial charge in [0, 0.05) is 16.4 Å². The minimum Gasteiger partial charge on any atom is -0.487 e. The van der Waals surface area contributed by atoms with Crippen molar-refractivity contribution >= 4 is 6.29 Å². The van der Waals surface area contributed by atoms with Crippen LogP contribution in [0.5, 0.6) is 11.5 Å². The summed E-state index contributed by atoms with van der Waals surface area (Å²) in [6, 6.07) is 5.10. The molecule has 0 N–H and O–H groups in total. The highest BCUT2D eigenvalue weighted by Gasteiger charge is 2.23. The second-order valence-corrected chi connectivity index (χ2v) is 9.06. The molecule has 170 valence electrons. The van der Waals surface area contributed by atoms with Gasteiger partial charge in [0.2, 0.25) is 0 Å². The maximum absolute atomic E-state index is 11.1. The Balaban J connectivity index is 1.96. The van der Waals surface area contributed by atoms with E-state index in [1.165, 1.54) is 0 Å². The van der Waals surface area contributed by atoms with Crippen LogP contribution in [0.3, 0.4) is 0 Å². The molecule has 0 bridgehead atoms. The monoisotopic (exact) mass is 424 g/mol. The van der Waals surface area contributed by atoms with Crippen LogP contribution in [0.4, 0.5) is 0 Å². The van der Waals surface area contributed by atoms with E-state index in [4.69, 9.17) is 28.4 Å². The zero-order valence-electron chi connectivity index (χ0n) is 18.7. The summed E-state index contributed by atoms with van der Waals surface area (Å²) in [6.07, 6.45) is 0.782. The number of fused-ring (bicyclic) bond motifs is 1. The van der Waals surface area contributed by atoms with E-state index in [0.717, 1.165) is 6.29 Å². The molecule has 1 heterocycles. The number of aldehydes is 1. The van der Waals surface area contributed by atoms with E-state index in [1.54, 1.807) is 18.2 Å². The number of hydrogen-bond acceptors (Lipinski definition) is 7. The molecule has 0 aliphatic carbocycles. The number of carbonyl (C=O) groups is 1. The second kappa shape index (κ2) is 12.2. The number of rotatable bonds is 1. The highest BCUT2D eigenvalue weighted by atomic mass is 16.6. The van der Waals surface area contributed by atoms with Crippen molar-refractivity contribution in [3.63, 3.8) is 0 Å². The fourth-order valence-electron chi connectivity index (χ4n) is 2.85. The lowest BCUT2D eigenvalue weighted by Crippen LogP contribution is -2.31. The Labute approximate surface area is 179 Å². The van der Waals surface area contributed by atoms with E-state index in [0.29, 0.717) is 83.1 Å². The fourth-order valence-corrected chi connectivity index (χ4v) is 2.85. The van der Waals surface area contributed by atoms with Gasteiger partial charge in [-0.2, -0.15) is 0 Å². The van der Waals surface area contributed by atoms with Crippen LogP contribution in [0.1, 0.15) is 38.1 Å². The Morgan fingerprint density at radius 3 is 1.80 bits per heavy atom. The van der Waals surface area contributed by atoms with Crippen molar-refractivity contribution in [1.29, 1.82) is 0 Å². The van der Waals surface area contributed by atoms with Gasteiger partial charge in [0.15, 0.2) is 11.5 Å². The molecular weight excluding hydrogens is 388 g/mol. The number of hydrogen-bond donors (Lipinski definition) is 0. The van der Waals surface area contributed by atoms with Gasteiger partial charge in [0.05, 0.1) is 52.9 Å². The largest absolute Gasteiger partial charge is 0.487 e. The summed E-state index contributed by atoms with van der Waals surface area (Å²) in [5, 5.41) is 0. The standard InChI is InChI=1S/C23H36O7/c1-22(2)15-26-8-7-25-9-11-29-20-6-5-19(14-24)13-21(20)30-12-10-27-16-23(3,4)18-28-17-22/h5-6,13-14H,7-12,15-18H2,1-4H3. The molecule has 0 aromatic heterocycles. The SMILES string of the molecule is CC1(C)COCCOCCOc2ccc(C=O)cc2OCCOCC(C)(C)COC1. The highest BCUT2D eigenvalue weighted by molar-refractivity contribution is 5.76. The van der Waals surface area contributed by atoms with Crippen LogP contribution in [0.25, 0.3) is 0 Å². The average molecular weight is 425 g/mol. The third kappa shape index (κ3) is 9.43. The van der Waals surface area contributed by atoms with Gasteiger partial charge in [-0.25, -0.2) is 0 Å². The van der Waals surface area contributed by atoms with Gasteiger partial charge in [0.1, 0.15) is 19.5 Å². The average Bonchev–Trinajstić information content (AvgIpc) is 2.69. The first-order valence-electron chi connectivity index (χ1n) is 10.5. The molecule has 2 rings (SSSR count). The summed E-state index contributed by atoms with van der Waals surface area (Å²) in [7, 11) is 0. The van der Waals surface area contributed by atoms with Crippen LogP contribution < -0.4 is 9.47 Å². The van der Waals surface area contributed by atoms with Gasteiger partial charge in [-0.1, -0.05) is 27.7 Å². The molecule has 0 fully saturated rings. The van der Waals surface area contributed by atoms with Crippen LogP contribution >= 0.6 is 0 Å². The Morgan fingerprint density at radius 2 is 1.17 bits per heavy atom. The molecule has 0 unspecified atom stereocenters. The van der Waals surface area contributed by atoms with Crippen LogP contribution in [0.15, 0.2) is 18.2 Å². The van der Waals surface area contributed by atoms with Crippen molar-refractivity contribution in [2.24, 2.45) is 10.8 Å². The fraction of sp³-hybridized carbons (Fsp3) is 0.696. The van der Waals surface area contributed by atoms with Crippen LogP contribution in [-0.2, 0) is 18.9 Å². The quantitative estimate of drug-likeness (QED) is 0.640. The first-order chi connectivity index (χ1) is 14.3. The molecule has 0 atom stereocenters. The molecular formula is C23H36O7. The Hall–Kier alpha value is -1.67. The Kier molecular flexibility index (Phi) is 10.0. The maximum Gasteiger partial charge on any atom is 0.162 e. The lowest BCUT2D eigenvalue weighted by Gasteiger charge is -2.29. The maximum atomic E-state index is 11.1. The van der Waals surface area contributed by atoms with E-state index in [-0.39, 0.29) is 10.8 Å². The molecule has 0 saturated carbocycles. The molecule has 0 amide bonds. The van der Waals surface area contributed by atoms with E-state index < -0.39 is 0 Å². The molecule has 0 spiro atoms. The van der Waals surface area contributed by atoms with Gasteiger partial charge < -0.3 is 28.4 Å². The molecule has 1 aromatic carbocycles. The highest BCUT2D eigenvalue weighted by Crippen LogP contribution is 2.28. The normalized spacial score (nSPS) is 22.0. The van der Waals surface area contributed by atoms with Crippen molar-refractivity contribution in [3.8, 4) is 11.5 Å². The van der Waals surface area contributed by atoms with E-state index in [1.807, 2.05) is 0 Å². The zero-order valence-corrected chi connectivity index (χ0v) is 18.7. The minimum atomic E-state index is -0.114. The van der Waals surface area contributed by atoms with E-state index in [9.17, 15) is 4.79 Å². The number of ether oxygens (including phenoxy) is 6. The lowest BCUT2D eigenvalue weighted by molar-refractivity contribution is -0.0542. The summed E-state index contributed by atoms with van der Waals surface area (Å²) in [4.78, 5) is 11.1. The van der Waals surface area contributed by atoms with Gasteiger partial charge in [0.25, 0.3) is 0 Å². The van der Waals surface area contributed by atoms with Gasteiger partial charge in [-0.05, 0) is 18.2 Å². The van der Waals surface area contributed by atoms with Gasteiger partial charge in [-0.3, -0.25) is 4.79 Å². The van der Waals surface area contributed by atoms with Crippen LogP contribution in [-0.4, -0.2) is 72.4 Å². The molecule has 30 heavy (non-hydrogen) atoms. The Morgan fingerprint density at radius 1 is 0.667 bits per heavy atom. The van der Waals surface area contributed by atoms with Crippen LogP contribution in [0.2, 0.25) is 0 Å². The van der Waals surface area contributed by atoms with E-state index in [2.05, 4.69) is 27.7 Å². The topological polar surface area (TPSA) is 72.5 Å². The zero-order chi connectivity index (χ0) is 21.9. The first-order valence-corrected chi connectivity index (χ1v) is 10.5. The Bertz CT molecular complexity index is 642. The number of carbonyl (C=O) groups excluding carboxylic acids is 1. The molecule has 0 radical (unpaired) electrons. The number of benzene rings is 1. The lowest BCUT2D eigenvalue weighted by atomic mass is 9.94. The smallest absolute Gasteiger partial charge is 0.162 e. The molecule has 1 aliphatic heterocycles. The predicted octanol–water partition coefficient (Wildman–Crippen LogP) is 3.39. The summed E-state index contributed by atoms with van der Waals surface area (Å²) in [5.74, 6) is 1.09. The van der Waals surface area contributed by atoms with Crippen molar-refractivity contribution in [2.75, 3.05) is 66.1 Å². The summed E-state index contributed by atoms with van der Waals surface area (Å²) < 4.78 is 34.6. The molecule has 1 aliphatic rings.